The van der Waals surface area contributed by atoms with Crippen LogP contribution in [0.1, 0.15) is 27.2 Å². The van der Waals surface area contributed by atoms with E-state index in [9.17, 15) is 0 Å². The monoisotopic (exact) mass is 238 g/mol. The third kappa shape index (κ3) is 4.56. The Labute approximate surface area is 103 Å². The Bertz CT molecular complexity index is 332. The minimum Gasteiger partial charge on any atom is -0.478 e. The Balaban J connectivity index is 2.58. The first kappa shape index (κ1) is 13.7. The van der Waals surface area contributed by atoms with E-state index in [1.165, 1.54) is 6.33 Å². The molecule has 0 bridgehead atoms. The summed E-state index contributed by atoms with van der Waals surface area (Å²) in [4.78, 5) is 8.21. The van der Waals surface area contributed by atoms with Gasteiger partial charge in [0.2, 0.25) is 5.88 Å². The predicted molar refractivity (Wildman–Crippen MR) is 69.1 cm³/mol. The van der Waals surface area contributed by atoms with Gasteiger partial charge in [-0.1, -0.05) is 13.8 Å². The van der Waals surface area contributed by atoms with Crippen LogP contribution in [0.2, 0.25) is 0 Å². The van der Waals surface area contributed by atoms with Crippen LogP contribution in [0.3, 0.4) is 0 Å². The van der Waals surface area contributed by atoms with Crippen molar-refractivity contribution >= 4 is 5.82 Å². The van der Waals surface area contributed by atoms with Gasteiger partial charge in [-0.15, -0.1) is 0 Å². The standard InChI is InChI=1S/C12H22N4O/c1-4-5-17-12-6-11(14-8-15-12)16-10(3)9(2)7-13/h6,8-10H,4-5,7,13H2,1-3H3,(H,14,15,16). The fourth-order valence-corrected chi connectivity index (χ4v) is 1.28. The van der Waals surface area contributed by atoms with E-state index in [1.807, 2.05) is 6.07 Å². The molecule has 0 fully saturated rings. The molecule has 0 aromatic carbocycles. The number of rotatable bonds is 7. The number of anilines is 1. The Morgan fingerprint density at radius 2 is 2.18 bits per heavy atom. The van der Waals surface area contributed by atoms with E-state index in [4.69, 9.17) is 10.5 Å². The van der Waals surface area contributed by atoms with Crippen molar-refractivity contribution in [3.05, 3.63) is 12.4 Å². The van der Waals surface area contributed by atoms with E-state index >= 15 is 0 Å². The summed E-state index contributed by atoms with van der Waals surface area (Å²) in [5.74, 6) is 1.78. The van der Waals surface area contributed by atoms with Crippen LogP contribution in [0.25, 0.3) is 0 Å². The molecule has 1 heterocycles. The summed E-state index contributed by atoms with van der Waals surface area (Å²) in [5.41, 5.74) is 5.62. The zero-order chi connectivity index (χ0) is 12.7. The fourth-order valence-electron chi connectivity index (χ4n) is 1.28. The molecule has 3 N–H and O–H groups in total. The number of hydrogen-bond acceptors (Lipinski definition) is 5. The summed E-state index contributed by atoms with van der Waals surface area (Å²) in [7, 11) is 0. The van der Waals surface area contributed by atoms with Gasteiger partial charge in [-0.3, -0.25) is 0 Å². The Morgan fingerprint density at radius 3 is 2.82 bits per heavy atom. The van der Waals surface area contributed by atoms with Gasteiger partial charge in [0.1, 0.15) is 12.1 Å². The number of nitrogens with two attached hydrogens (primary N) is 1. The van der Waals surface area contributed by atoms with Gasteiger partial charge in [-0.2, -0.15) is 0 Å². The molecule has 0 aliphatic rings. The maximum absolute atomic E-state index is 5.62. The molecule has 17 heavy (non-hydrogen) atoms. The van der Waals surface area contributed by atoms with Crippen molar-refractivity contribution < 1.29 is 4.74 Å². The van der Waals surface area contributed by atoms with Gasteiger partial charge in [-0.05, 0) is 25.8 Å². The second-order valence-electron chi connectivity index (χ2n) is 4.24. The van der Waals surface area contributed by atoms with Gasteiger partial charge in [-0.25, -0.2) is 9.97 Å². The lowest BCUT2D eigenvalue weighted by molar-refractivity contribution is 0.305. The molecule has 0 saturated carbocycles. The van der Waals surface area contributed by atoms with Crippen LogP contribution in [0.5, 0.6) is 5.88 Å². The molecule has 1 aromatic rings. The smallest absolute Gasteiger partial charge is 0.218 e. The van der Waals surface area contributed by atoms with E-state index in [0.29, 0.717) is 24.9 Å². The number of hydrogen-bond donors (Lipinski definition) is 2. The average Bonchev–Trinajstić information content (AvgIpc) is 2.35. The molecule has 2 atom stereocenters. The van der Waals surface area contributed by atoms with Gasteiger partial charge < -0.3 is 15.8 Å². The van der Waals surface area contributed by atoms with Gasteiger partial charge in [0, 0.05) is 12.1 Å². The quantitative estimate of drug-likeness (QED) is 0.755. The summed E-state index contributed by atoms with van der Waals surface area (Å²) in [5, 5.41) is 3.30. The molecule has 0 aliphatic heterocycles. The van der Waals surface area contributed by atoms with E-state index < -0.39 is 0 Å². The summed E-state index contributed by atoms with van der Waals surface area (Å²) >= 11 is 0. The summed E-state index contributed by atoms with van der Waals surface area (Å²) in [6.07, 6.45) is 2.47. The molecule has 1 aromatic heterocycles. The first-order valence-electron chi connectivity index (χ1n) is 6.08. The Hall–Kier alpha value is -1.36. The van der Waals surface area contributed by atoms with E-state index in [2.05, 4.69) is 36.1 Å². The molecule has 5 heteroatoms. The molecular formula is C12H22N4O. The van der Waals surface area contributed by atoms with Crippen LogP contribution < -0.4 is 15.8 Å². The third-order valence-electron chi connectivity index (χ3n) is 2.70. The number of nitrogens with zero attached hydrogens (tertiary/aromatic N) is 2. The van der Waals surface area contributed by atoms with E-state index in [0.717, 1.165) is 12.2 Å². The molecule has 96 valence electrons. The van der Waals surface area contributed by atoms with Gasteiger partial charge in [0.05, 0.1) is 6.61 Å². The topological polar surface area (TPSA) is 73.1 Å². The van der Waals surface area contributed by atoms with Crippen molar-refractivity contribution in [2.45, 2.75) is 33.2 Å². The number of nitrogens with one attached hydrogen (secondary N) is 1. The highest BCUT2D eigenvalue weighted by atomic mass is 16.5. The van der Waals surface area contributed by atoms with Crippen molar-refractivity contribution in [3.8, 4) is 5.88 Å². The average molecular weight is 238 g/mol. The normalized spacial score (nSPS) is 14.1. The van der Waals surface area contributed by atoms with Crippen LogP contribution >= 0.6 is 0 Å². The first-order valence-corrected chi connectivity index (χ1v) is 6.08. The Kier molecular flexibility index (Phi) is 5.69. The molecule has 0 amide bonds. The maximum atomic E-state index is 5.62. The molecular weight excluding hydrogens is 216 g/mol. The highest BCUT2D eigenvalue weighted by molar-refractivity contribution is 5.38. The Morgan fingerprint density at radius 1 is 1.41 bits per heavy atom. The van der Waals surface area contributed by atoms with Crippen LogP contribution in [0.15, 0.2) is 12.4 Å². The van der Waals surface area contributed by atoms with Gasteiger partial charge in [0.25, 0.3) is 0 Å². The van der Waals surface area contributed by atoms with Crippen LogP contribution in [-0.2, 0) is 0 Å². The summed E-state index contributed by atoms with van der Waals surface area (Å²) in [6, 6.07) is 2.09. The lowest BCUT2D eigenvalue weighted by Gasteiger charge is -2.20. The van der Waals surface area contributed by atoms with Crippen molar-refractivity contribution in [3.63, 3.8) is 0 Å². The SMILES string of the molecule is CCCOc1cc(NC(C)C(C)CN)ncn1. The highest BCUT2D eigenvalue weighted by Gasteiger charge is 2.11. The minimum absolute atomic E-state index is 0.272. The maximum Gasteiger partial charge on any atom is 0.218 e. The zero-order valence-corrected chi connectivity index (χ0v) is 10.8. The van der Waals surface area contributed by atoms with Crippen LogP contribution in [0, 0.1) is 5.92 Å². The molecule has 0 radical (unpaired) electrons. The van der Waals surface area contributed by atoms with E-state index in [-0.39, 0.29) is 6.04 Å². The highest BCUT2D eigenvalue weighted by Crippen LogP contribution is 2.14. The van der Waals surface area contributed by atoms with Crippen molar-refractivity contribution in [2.24, 2.45) is 11.7 Å². The molecule has 0 aliphatic carbocycles. The molecule has 2 unspecified atom stereocenters. The first-order chi connectivity index (χ1) is 8.17. The van der Waals surface area contributed by atoms with Gasteiger partial charge >= 0.3 is 0 Å². The third-order valence-corrected chi connectivity index (χ3v) is 2.70. The fraction of sp³-hybridized carbons (Fsp3) is 0.667. The van der Waals surface area contributed by atoms with Gasteiger partial charge in [0.15, 0.2) is 0 Å². The molecule has 5 nitrogen and oxygen atoms in total. The molecule has 0 spiro atoms. The van der Waals surface area contributed by atoms with E-state index in [1.54, 1.807) is 0 Å². The lowest BCUT2D eigenvalue weighted by atomic mass is 10.0. The summed E-state index contributed by atoms with van der Waals surface area (Å²) in [6.45, 7) is 7.58. The predicted octanol–water partition coefficient (Wildman–Crippen LogP) is 1.66. The van der Waals surface area contributed by atoms with Crippen LogP contribution in [0.4, 0.5) is 5.82 Å². The van der Waals surface area contributed by atoms with Crippen molar-refractivity contribution in [2.75, 3.05) is 18.5 Å². The van der Waals surface area contributed by atoms with Crippen molar-refractivity contribution in [1.29, 1.82) is 0 Å². The van der Waals surface area contributed by atoms with Crippen molar-refractivity contribution in [1.82, 2.24) is 9.97 Å². The molecule has 0 saturated heterocycles. The second kappa shape index (κ2) is 7.06. The van der Waals surface area contributed by atoms with Crippen LogP contribution in [-0.4, -0.2) is 29.2 Å². The largest absolute Gasteiger partial charge is 0.478 e. The second-order valence-corrected chi connectivity index (χ2v) is 4.24. The number of aromatic nitrogens is 2. The lowest BCUT2D eigenvalue weighted by Crippen LogP contribution is -2.29. The number of ether oxygens (including phenoxy) is 1. The minimum atomic E-state index is 0.272. The zero-order valence-electron chi connectivity index (χ0n) is 10.8. The molecule has 1 rings (SSSR count). The summed E-state index contributed by atoms with van der Waals surface area (Å²) < 4.78 is 5.45.